The van der Waals surface area contributed by atoms with E-state index >= 15 is 0 Å². The maximum Gasteiger partial charge on any atom is 0.0488 e. The van der Waals surface area contributed by atoms with Crippen LogP contribution in [-0.2, 0) is 26.9 Å². The van der Waals surface area contributed by atoms with Crippen LogP contribution in [0.4, 0.5) is 0 Å². The van der Waals surface area contributed by atoms with Crippen LogP contribution in [0.5, 0.6) is 0 Å². The Morgan fingerprint density at radius 1 is 0.467 bits per heavy atom. The van der Waals surface area contributed by atoms with E-state index < -0.39 is 0 Å². The monoisotopic (exact) mass is 388 g/mol. The minimum absolute atomic E-state index is 1.05. The highest BCUT2D eigenvalue weighted by Gasteiger charge is 2.10. The van der Waals surface area contributed by atoms with E-state index in [1.165, 1.54) is 54.7 Å². The van der Waals surface area contributed by atoms with Gasteiger partial charge in [0.2, 0.25) is 0 Å². The Labute approximate surface area is 176 Å². The summed E-state index contributed by atoms with van der Waals surface area (Å²) in [7, 11) is 4.31. The van der Waals surface area contributed by atoms with E-state index in [0.29, 0.717) is 0 Å². The van der Waals surface area contributed by atoms with Gasteiger partial charge in [-0.2, -0.15) is 0 Å². The molecule has 30 heavy (non-hydrogen) atoms. The Morgan fingerprint density at radius 3 is 1.33 bits per heavy atom. The lowest BCUT2D eigenvalue weighted by atomic mass is 10.0. The number of hydrogen-bond donors (Lipinski definition) is 0. The maximum absolute atomic E-state index is 2.38. The SMILES string of the molecule is Cn1c2ccccc2c2cc(CCc3ccc4c(c3)c3ccccc3n4C)ccc21. The van der Waals surface area contributed by atoms with Crippen molar-refractivity contribution < 1.29 is 0 Å². The molecule has 2 aromatic heterocycles. The lowest BCUT2D eigenvalue weighted by Crippen LogP contribution is -1.92. The van der Waals surface area contributed by atoms with Crippen LogP contribution in [-0.4, -0.2) is 9.13 Å². The summed E-state index contributed by atoms with van der Waals surface area (Å²) in [6.07, 6.45) is 2.10. The average Bonchev–Trinajstić information content (AvgIpc) is 3.24. The Hall–Kier alpha value is -3.52. The topological polar surface area (TPSA) is 9.86 Å². The van der Waals surface area contributed by atoms with Gasteiger partial charge in [-0.05, 0) is 60.4 Å². The third-order valence-corrected chi connectivity index (χ3v) is 6.66. The summed E-state index contributed by atoms with van der Waals surface area (Å²) in [6, 6.07) is 31.3. The van der Waals surface area contributed by atoms with Crippen LogP contribution in [0, 0.1) is 0 Å². The highest BCUT2D eigenvalue weighted by atomic mass is 14.9. The van der Waals surface area contributed by atoms with Gasteiger partial charge in [0, 0.05) is 57.7 Å². The minimum Gasteiger partial charge on any atom is -0.344 e. The number of fused-ring (bicyclic) bond motifs is 6. The normalized spacial score (nSPS) is 11.9. The second-order valence-corrected chi connectivity index (χ2v) is 8.36. The molecule has 0 aliphatic heterocycles. The number of rotatable bonds is 3. The lowest BCUT2D eigenvalue weighted by Gasteiger charge is -2.05. The number of hydrogen-bond acceptors (Lipinski definition) is 0. The Balaban J connectivity index is 1.36. The maximum atomic E-state index is 2.38. The lowest BCUT2D eigenvalue weighted by molar-refractivity contribution is 0.960. The molecule has 0 aliphatic rings. The fourth-order valence-electron chi connectivity index (χ4n) is 5.03. The van der Waals surface area contributed by atoms with E-state index in [4.69, 9.17) is 0 Å². The third-order valence-electron chi connectivity index (χ3n) is 6.66. The van der Waals surface area contributed by atoms with E-state index in [1.807, 2.05) is 0 Å². The number of aryl methyl sites for hydroxylation is 4. The minimum atomic E-state index is 1.05. The molecule has 6 aromatic rings. The molecule has 0 aliphatic carbocycles. The first-order chi connectivity index (χ1) is 14.7. The summed E-state index contributed by atoms with van der Waals surface area (Å²) in [6.45, 7) is 0. The van der Waals surface area contributed by atoms with Crippen molar-refractivity contribution in [3.05, 3.63) is 96.1 Å². The summed E-state index contributed by atoms with van der Waals surface area (Å²) in [5.41, 5.74) is 8.00. The third kappa shape index (κ3) is 2.50. The van der Waals surface area contributed by atoms with E-state index in [9.17, 15) is 0 Å². The van der Waals surface area contributed by atoms with E-state index in [2.05, 4.69) is 108 Å². The number of benzene rings is 4. The molecule has 4 aromatic carbocycles. The van der Waals surface area contributed by atoms with E-state index in [0.717, 1.165) is 12.8 Å². The van der Waals surface area contributed by atoms with Gasteiger partial charge in [-0.25, -0.2) is 0 Å². The van der Waals surface area contributed by atoms with Crippen molar-refractivity contribution >= 4 is 43.6 Å². The van der Waals surface area contributed by atoms with Crippen LogP contribution in [0.1, 0.15) is 11.1 Å². The van der Waals surface area contributed by atoms with E-state index in [1.54, 1.807) is 0 Å². The van der Waals surface area contributed by atoms with Crippen molar-refractivity contribution in [2.75, 3.05) is 0 Å². The fraction of sp³-hybridized carbons (Fsp3) is 0.143. The molecule has 0 atom stereocenters. The van der Waals surface area contributed by atoms with Crippen LogP contribution >= 0.6 is 0 Å². The number of para-hydroxylation sites is 2. The van der Waals surface area contributed by atoms with E-state index in [-0.39, 0.29) is 0 Å². The van der Waals surface area contributed by atoms with Crippen molar-refractivity contribution in [3.63, 3.8) is 0 Å². The van der Waals surface area contributed by atoms with Gasteiger partial charge in [0.25, 0.3) is 0 Å². The zero-order chi connectivity index (χ0) is 20.2. The van der Waals surface area contributed by atoms with Gasteiger partial charge in [-0.3, -0.25) is 0 Å². The standard InChI is InChI=1S/C28H24N2/c1-29-25-9-5-3-7-21(25)23-17-19(13-15-27(23)29)11-12-20-14-16-28-24(18-20)22-8-4-6-10-26(22)30(28)2/h3-10,13-18H,11-12H2,1-2H3. The van der Waals surface area contributed by atoms with Crippen molar-refractivity contribution in [1.29, 1.82) is 0 Å². The molecule has 0 saturated heterocycles. The first-order valence-electron chi connectivity index (χ1n) is 10.6. The van der Waals surface area contributed by atoms with Crippen molar-refractivity contribution in [2.24, 2.45) is 14.1 Å². The molecule has 6 rings (SSSR count). The van der Waals surface area contributed by atoms with Crippen molar-refractivity contribution in [2.45, 2.75) is 12.8 Å². The molecule has 146 valence electrons. The molecule has 0 radical (unpaired) electrons. The van der Waals surface area contributed by atoms with Gasteiger partial charge in [-0.1, -0.05) is 48.5 Å². The molecule has 0 bridgehead atoms. The molecular weight excluding hydrogens is 364 g/mol. The van der Waals surface area contributed by atoms with Gasteiger partial charge >= 0.3 is 0 Å². The highest BCUT2D eigenvalue weighted by Crippen LogP contribution is 2.30. The summed E-state index contributed by atoms with van der Waals surface area (Å²) in [4.78, 5) is 0. The molecule has 0 amide bonds. The second-order valence-electron chi connectivity index (χ2n) is 8.36. The zero-order valence-corrected chi connectivity index (χ0v) is 17.4. The number of aromatic nitrogens is 2. The molecule has 0 unspecified atom stereocenters. The molecular formula is C28H24N2. The second kappa shape index (κ2) is 6.50. The molecule has 0 spiro atoms. The summed E-state index contributed by atoms with van der Waals surface area (Å²) < 4.78 is 4.59. The molecule has 2 nitrogen and oxygen atoms in total. The first-order valence-corrected chi connectivity index (χ1v) is 10.6. The summed E-state index contributed by atoms with van der Waals surface area (Å²) in [5.74, 6) is 0. The van der Waals surface area contributed by atoms with Crippen molar-refractivity contribution in [3.8, 4) is 0 Å². The first kappa shape index (κ1) is 17.3. The fourth-order valence-corrected chi connectivity index (χ4v) is 5.03. The predicted octanol–water partition coefficient (Wildman–Crippen LogP) is 6.76. The van der Waals surface area contributed by atoms with Crippen LogP contribution in [0.3, 0.4) is 0 Å². The molecule has 0 N–H and O–H groups in total. The van der Waals surface area contributed by atoms with Gasteiger partial charge in [0.1, 0.15) is 0 Å². The average molecular weight is 389 g/mol. The summed E-state index contributed by atoms with van der Waals surface area (Å²) >= 11 is 0. The van der Waals surface area contributed by atoms with Crippen LogP contribution in [0.2, 0.25) is 0 Å². The molecule has 2 heteroatoms. The largest absolute Gasteiger partial charge is 0.344 e. The molecule has 0 fully saturated rings. The number of nitrogens with zero attached hydrogens (tertiary/aromatic N) is 2. The van der Waals surface area contributed by atoms with Crippen molar-refractivity contribution in [1.82, 2.24) is 9.13 Å². The van der Waals surface area contributed by atoms with Gasteiger partial charge in [0.15, 0.2) is 0 Å². The highest BCUT2D eigenvalue weighted by molar-refractivity contribution is 6.09. The molecule has 0 saturated carbocycles. The Bertz CT molecular complexity index is 1440. The summed E-state index contributed by atoms with van der Waals surface area (Å²) in [5, 5.41) is 5.40. The Kier molecular flexibility index (Phi) is 3.76. The predicted molar refractivity (Wildman–Crippen MR) is 128 cm³/mol. The van der Waals surface area contributed by atoms with Gasteiger partial charge < -0.3 is 9.13 Å². The van der Waals surface area contributed by atoms with Gasteiger partial charge in [0.05, 0.1) is 0 Å². The van der Waals surface area contributed by atoms with Gasteiger partial charge in [-0.15, -0.1) is 0 Å². The smallest absolute Gasteiger partial charge is 0.0488 e. The quantitative estimate of drug-likeness (QED) is 0.317. The van der Waals surface area contributed by atoms with Crippen LogP contribution < -0.4 is 0 Å². The van der Waals surface area contributed by atoms with Crippen LogP contribution in [0.15, 0.2) is 84.9 Å². The zero-order valence-electron chi connectivity index (χ0n) is 17.4. The van der Waals surface area contributed by atoms with Crippen LogP contribution in [0.25, 0.3) is 43.6 Å². The Morgan fingerprint density at radius 2 is 0.867 bits per heavy atom. The molecule has 2 heterocycles.